The minimum Gasteiger partial charge on any atom is -0.469 e. The fraction of sp³-hybridized carbons (Fsp3) is 0.217. The molecule has 3 aromatic heterocycles. The maximum Gasteiger partial charge on any atom is 0.308 e. The number of fused-ring (bicyclic) bond motifs is 4. The van der Waals surface area contributed by atoms with Gasteiger partial charge in [0, 0.05) is 45.3 Å². The number of nitrogens with one attached hydrogen (secondary N) is 3. The van der Waals surface area contributed by atoms with Crippen molar-refractivity contribution >= 4 is 55.5 Å². The molecule has 7 aromatic rings. The minimum atomic E-state index is -4.00. The number of H-pyrrole nitrogens is 1. The summed E-state index contributed by atoms with van der Waals surface area (Å²) >= 11 is 1.60. The molecular weight excluding hydrogens is 828 g/mol. The molecular formula is C46H41FN8O5S2. The average molecular weight is 869 g/mol. The van der Waals surface area contributed by atoms with Crippen LogP contribution in [0.4, 0.5) is 10.1 Å². The second kappa shape index (κ2) is 16.5. The van der Waals surface area contributed by atoms with Gasteiger partial charge in [-0.05, 0) is 92.3 Å². The zero-order valence-corrected chi connectivity index (χ0v) is 36.3. The van der Waals surface area contributed by atoms with Crippen LogP contribution in [-0.2, 0) is 32.5 Å². The second-order valence-electron chi connectivity index (χ2n) is 15.0. The van der Waals surface area contributed by atoms with Crippen molar-refractivity contribution in [1.82, 2.24) is 25.1 Å². The lowest BCUT2D eigenvalue weighted by atomic mass is 9.95. The van der Waals surface area contributed by atoms with Gasteiger partial charge in [-0.1, -0.05) is 49.4 Å². The first kappa shape index (κ1) is 41.8. The molecule has 0 unspecified atom stereocenters. The van der Waals surface area contributed by atoms with Crippen LogP contribution in [0.5, 0.6) is 0 Å². The number of methoxy groups -OCH3 is 1. The van der Waals surface area contributed by atoms with Crippen molar-refractivity contribution in [1.29, 1.82) is 5.26 Å². The van der Waals surface area contributed by atoms with Crippen molar-refractivity contribution in [3.05, 3.63) is 146 Å². The number of nitrogens with zero attached hydrogens (tertiary/aromatic N) is 5. The van der Waals surface area contributed by atoms with Crippen LogP contribution in [0.15, 0.2) is 88.9 Å². The third-order valence-electron chi connectivity index (χ3n) is 11.2. The zero-order valence-electron chi connectivity index (χ0n) is 34.7. The third-order valence-corrected chi connectivity index (χ3v) is 13.8. The van der Waals surface area contributed by atoms with E-state index in [1.165, 1.54) is 25.3 Å². The van der Waals surface area contributed by atoms with Gasteiger partial charge < -0.3 is 15.0 Å². The van der Waals surface area contributed by atoms with Gasteiger partial charge in [0.05, 0.1) is 40.9 Å². The van der Waals surface area contributed by atoms with Crippen LogP contribution in [0.2, 0.25) is 0 Å². The summed E-state index contributed by atoms with van der Waals surface area (Å²) in [7, 11) is -2.66. The van der Waals surface area contributed by atoms with E-state index >= 15 is 4.39 Å². The Labute approximate surface area is 361 Å². The van der Waals surface area contributed by atoms with Crippen LogP contribution in [0.3, 0.4) is 0 Å². The van der Waals surface area contributed by atoms with E-state index in [1.54, 1.807) is 54.8 Å². The van der Waals surface area contributed by atoms with Crippen LogP contribution in [0.1, 0.15) is 85.2 Å². The molecule has 8 rings (SSSR count). The number of aromatic amines is 1. The first-order valence-electron chi connectivity index (χ1n) is 19.7. The van der Waals surface area contributed by atoms with E-state index in [-0.39, 0.29) is 23.4 Å². The number of benzene rings is 4. The Hall–Kier alpha value is -6.96. The first-order chi connectivity index (χ1) is 29.7. The molecule has 4 heterocycles. The molecule has 0 aliphatic carbocycles. The lowest BCUT2D eigenvalue weighted by Crippen LogP contribution is -2.24. The Bertz CT molecular complexity index is 3120. The molecule has 0 saturated carbocycles. The summed E-state index contributed by atoms with van der Waals surface area (Å²) < 4.78 is 52.2. The predicted molar refractivity (Wildman–Crippen MR) is 236 cm³/mol. The molecule has 314 valence electrons. The van der Waals surface area contributed by atoms with E-state index < -0.39 is 33.8 Å². The average Bonchev–Trinajstić information content (AvgIpc) is 3.94. The predicted octanol–water partition coefficient (Wildman–Crippen LogP) is 8.47. The monoisotopic (exact) mass is 868 g/mol. The number of sulfonamides is 1. The first-order valence-corrected chi connectivity index (χ1v) is 22.0. The van der Waals surface area contributed by atoms with Crippen molar-refractivity contribution in [2.24, 2.45) is 4.99 Å². The highest BCUT2D eigenvalue weighted by Crippen LogP contribution is 2.40. The summed E-state index contributed by atoms with van der Waals surface area (Å²) in [6, 6.07) is 21.3. The summed E-state index contributed by atoms with van der Waals surface area (Å²) in [4.78, 5) is 35.1. The van der Waals surface area contributed by atoms with Crippen LogP contribution in [0, 0.1) is 44.8 Å². The highest BCUT2D eigenvalue weighted by Gasteiger charge is 2.33. The van der Waals surface area contributed by atoms with Gasteiger partial charge in [-0.15, -0.1) is 21.5 Å². The second-order valence-corrected chi connectivity index (χ2v) is 17.9. The summed E-state index contributed by atoms with van der Waals surface area (Å²) in [5.41, 5.74) is 7.89. The molecule has 16 heteroatoms. The molecule has 62 heavy (non-hydrogen) atoms. The van der Waals surface area contributed by atoms with Crippen molar-refractivity contribution in [3.8, 4) is 22.2 Å². The van der Waals surface area contributed by atoms with Gasteiger partial charge in [0.25, 0.3) is 15.9 Å². The molecule has 0 fully saturated rings. The zero-order chi connectivity index (χ0) is 44.0. The van der Waals surface area contributed by atoms with Gasteiger partial charge in [-0.3, -0.25) is 23.9 Å². The summed E-state index contributed by atoms with van der Waals surface area (Å²) in [5, 5.41) is 22.7. The molecule has 0 saturated heterocycles. The number of thiophene rings is 1. The third kappa shape index (κ3) is 7.54. The standard InChI is InChI=1S/C46H41FN8O5S2/c1-7-29-14-17-37(43-41(29)32(21-48)23-49-43)54-62(58,59)33-15-8-28(9-16-33)22-50-45(57)34-19-36(47)35(18-24(34)2)30-10-12-31(13-11-30)42-40-25(3)26(4)61-46(40)55-27(5)52-53-44(55)38(51-42)20-39(56)60-6/h8-19,23,38,49,54H,7,20,22H2,1-6H3,(H,50,57)/t38-/m0/s1. The molecule has 1 aliphatic rings. The van der Waals surface area contributed by atoms with Gasteiger partial charge in [0.15, 0.2) is 5.82 Å². The summed E-state index contributed by atoms with van der Waals surface area (Å²) in [6.45, 7) is 9.72. The molecule has 4 aromatic carbocycles. The van der Waals surface area contributed by atoms with Crippen LogP contribution >= 0.6 is 11.3 Å². The fourth-order valence-electron chi connectivity index (χ4n) is 7.78. The van der Waals surface area contributed by atoms with E-state index in [1.807, 2.05) is 56.5 Å². The number of rotatable bonds is 11. The Morgan fingerprint density at radius 2 is 1.73 bits per heavy atom. The number of nitriles is 1. The van der Waals surface area contributed by atoms with Crippen molar-refractivity contribution in [2.75, 3.05) is 11.8 Å². The van der Waals surface area contributed by atoms with Crippen LogP contribution in [0.25, 0.3) is 27.0 Å². The SMILES string of the molecule is CCc1ccc(NS(=O)(=O)c2ccc(CNC(=O)c3cc(F)c(-c4ccc(C5=N[C@@H](CC(=O)OC)c6nnc(C)n6-c6sc(C)c(C)c65)cc4)cc3C)cc2)c2[nH]cc(C#N)c12. The van der Waals surface area contributed by atoms with Gasteiger partial charge in [-0.2, -0.15) is 5.26 Å². The van der Waals surface area contributed by atoms with E-state index in [0.717, 1.165) is 32.1 Å². The number of carbonyl (C=O) groups is 2. The van der Waals surface area contributed by atoms with E-state index in [4.69, 9.17) is 9.73 Å². The molecule has 1 atom stereocenters. The number of aryl methyl sites for hydroxylation is 4. The molecule has 1 aliphatic heterocycles. The van der Waals surface area contributed by atoms with Crippen molar-refractivity contribution in [2.45, 2.75) is 64.9 Å². The summed E-state index contributed by atoms with van der Waals surface area (Å²) in [6.07, 6.45) is 2.21. The van der Waals surface area contributed by atoms with Gasteiger partial charge in [0.1, 0.15) is 28.8 Å². The Kier molecular flexibility index (Phi) is 11.1. The van der Waals surface area contributed by atoms with Gasteiger partial charge in [-0.25, -0.2) is 12.8 Å². The quantitative estimate of drug-likeness (QED) is 0.108. The molecule has 0 bridgehead atoms. The van der Waals surface area contributed by atoms with E-state index in [2.05, 4.69) is 31.3 Å². The number of hydrogen-bond donors (Lipinski definition) is 3. The maximum atomic E-state index is 15.9. The lowest BCUT2D eigenvalue weighted by molar-refractivity contribution is -0.141. The molecule has 0 spiro atoms. The maximum absolute atomic E-state index is 15.9. The number of anilines is 1. The molecule has 1 amide bonds. The van der Waals surface area contributed by atoms with Crippen LogP contribution < -0.4 is 10.0 Å². The fourth-order valence-corrected chi connectivity index (χ4v) is 10.1. The topological polar surface area (TPSA) is 184 Å². The normalized spacial score (nSPS) is 13.5. The Morgan fingerprint density at radius 1 is 1.00 bits per heavy atom. The Morgan fingerprint density at radius 3 is 2.42 bits per heavy atom. The molecule has 0 radical (unpaired) electrons. The summed E-state index contributed by atoms with van der Waals surface area (Å²) in [5.74, 6) is -0.271. The number of hydrogen-bond acceptors (Lipinski definition) is 10. The number of esters is 1. The number of carbonyl (C=O) groups excluding carboxylic acids is 2. The van der Waals surface area contributed by atoms with Crippen LogP contribution in [-0.4, -0.2) is 52.9 Å². The Balaban J connectivity index is 0.980. The van der Waals surface area contributed by atoms with Crippen molar-refractivity contribution in [3.63, 3.8) is 0 Å². The number of aliphatic imine (C=N–C) groups is 1. The number of ether oxygens (including phenoxy) is 1. The minimum absolute atomic E-state index is 0.0145. The molecule has 3 N–H and O–H groups in total. The van der Waals surface area contributed by atoms with E-state index in [0.29, 0.717) is 68.2 Å². The molecule has 13 nitrogen and oxygen atoms in total. The van der Waals surface area contributed by atoms with Crippen molar-refractivity contribution < 1.29 is 27.1 Å². The number of amides is 1. The smallest absolute Gasteiger partial charge is 0.308 e. The lowest BCUT2D eigenvalue weighted by Gasteiger charge is -2.14. The highest BCUT2D eigenvalue weighted by atomic mass is 32.2. The van der Waals surface area contributed by atoms with E-state index in [9.17, 15) is 23.3 Å². The highest BCUT2D eigenvalue weighted by molar-refractivity contribution is 7.92. The van der Waals surface area contributed by atoms with Gasteiger partial charge >= 0.3 is 5.97 Å². The number of aromatic nitrogens is 4. The largest absolute Gasteiger partial charge is 0.469 e. The number of halogens is 1. The van der Waals surface area contributed by atoms with Gasteiger partial charge in [0.2, 0.25) is 0 Å².